The van der Waals surface area contributed by atoms with Crippen LogP contribution in [0.3, 0.4) is 0 Å². The van der Waals surface area contributed by atoms with E-state index in [0.29, 0.717) is 12.1 Å². The van der Waals surface area contributed by atoms with E-state index in [1.165, 1.54) is 17.0 Å². The molecule has 1 aromatic heterocycles. The van der Waals surface area contributed by atoms with E-state index in [4.69, 9.17) is 5.11 Å². The van der Waals surface area contributed by atoms with E-state index in [1.54, 1.807) is 13.8 Å². The average molecular weight is 406 g/mol. The van der Waals surface area contributed by atoms with Crippen LogP contribution in [0.15, 0.2) is 36.5 Å². The first-order valence-electron chi connectivity index (χ1n) is 8.05. The van der Waals surface area contributed by atoms with Gasteiger partial charge in [0, 0.05) is 18.4 Å². The average Bonchev–Trinajstić information content (AvgIpc) is 2.57. The van der Waals surface area contributed by atoms with Crippen LogP contribution in [-0.2, 0) is 12.4 Å². The molecule has 0 saturated carbocycles. The standard InChI is InChI=1S/C18H16F6N2O2/c1-10(2)9-26(15-4-3-11(8-25-15)16(27)28)14-6-12(17(19,20)21)5-13(7-14)18(22,23)24/h3-8,10H,9H2,1-2H3,(H,27,28). The normalized spacial score (nSPS) is 12.3. The minimum absolute atomic E-state index is 0.0335. The third-order valence-corrected chi connectivity index (χ3v) is 3.70. The summed E-state index contributed by atoms with van der Waals surface area (Å²) in [5.41, 5.74) is -3.37. The van der Waals surface area contributed by atoms with Crippen molar-refractivity contribution in [2.45, 2.75) is 26.2 Å². The van der Waals surface area contributed by atoms with E-state index in [0.717, 1.165) is 6.20 Å². The Labute approximate surface area is 156 Å². The zero-order valence-electron chi connectivity index (χ0n) is 14.8. The van der Waals surface area contributed by atoms with Crippen LogP contribution in [0.25, 0.3) is 0 Å². The molecule has 0 spiro atoms. The van der Waals surface area contributed by atoms with Crippen LogP contribution >= 0.6 is 0 Å². The van der Waals surface area contributed by atoms with Crippen molar-refractivity contribution in [2.75, 3.05) is 11.4 Å². The number of hydrogen-bond donors (Lipinski definition) is 1. The van der Waals surface area contributed by atoms with Gasteiger partial charge in [-0.05, 0) is 36.2 Å². The lowest BCUT2D eigenvalue weighted by atomic mass is 10.1. The van der Waals surface area contributed by atoms with E-state index >= 15 is 0 Å². The van der Waals surface area contributed by atoms with E-state index in [1.807, 2.05) is 0 Å². The Morgan fingerprint density at radius 1 is 1.04 bits per heavy atom. The molecule has 0 aliphatic carbocycles. The molecule has 1 N–H and O–H groups in total. The molecule has 2 rings (SSSR count). The Morgan fingerprint density at radius 2 is 1.57 bits per heavy atom. The lowest BCUT2D eigenvalue weighted by molar-refractivity contribution is -0.143. The third kappa shape index (κ3) is 5.14. The zero-order chi connectivity index (χ0) is 21.3. The predicted molar refractivity (Wildman–Crippen MR) is 89.5 cm³/mol. The molecule has 0 saturated heterocycles. The molecule has 0 aliphatic rings. The first-order chi connectivity index (χ1) is 12.8. The van der Waals surface area contributed by atoms with Crippen LogP contribution in [0.4, 0.5) is 37.8 Å². The van der Waals surface area contributed by atoms with Gasteiger partial charge in [0.05, 0.1) is 16.7 Å². The Balaban J connectivity index is 2.63. The highest BCUT2D eigenvalue weighted by molar-refractivity contribution is 5.87. The fourth-order valence-electron chi connectivity index (χ4n) is 2.46. The van der Waals surface area contributed by atoms with Gasteiger partial charge in [0.15, 0.2) is 0 Å². The minimum atomic E-state index is -4.97. The van der Waals surface area contributed by atoms with Crippen LogP contribution < -0.4 is 4.90 Å². The molecule has 10 heteroatoms. The molecule has 2 aromatic rings. The molecule has 0 unspecified atom stereocenters. The van der Waals surface area contributed by atoms with Crippen molar-refractivity contribution in [3.8, 4) is 0 Å². The van der Waals surface area contributed by atoms with Gasteiger partial charge >= 0.3 is 18.3 Å². The van der Waals surface area contributed by atoms with Crippen LogP contribution in [-0.4, -0.2) is 22.6 Å². The molecular weight excluding hydrogens is 390 g/mol. The third-order valence-electron chi connectivity index (χ3n) is 3.70. The molecule has 0 aliphatic heterocycles. The Bertz CT molecular complexity index is 812. The minimum Gasteiger partial charge on any atom is -0.478 e. The molecule has 28 heavy (non-hydrogen) atoms. The monoisotopic (exact) mass is 406 g/mol. The maximum atomic E-state index is 13.1. The van der Waals surface area contributed by atoms with Gasteiger partial charge in [0.1, 0.15) is 5.82 Å². The summed E-state index contributed by atoms with van der Waals surface area (Å²) in [6, 6.07) is 3.70. The summed E-state index contributed by atoms with van der Waals surface area (Å²) in [5.74, 6) is -1.36. The topological polar surface area (TPSA) is 53.4 Å². The maximum absolute atomic E-state index is 13.1. The van der Waals surface area contributed by atoms with Crippen molar-refractivity contribution in [1.82, 2.24) is 4.98 Å². The molecule has 1 aromatic carbocycles. The van der Waals surface area contributed by atoms with Crippen LogP contribution in [0.1, 0.15) is 35.3 Å². The van der Waals surface area contributed by atoms with Gasteiger partial charge in [-0.25, -0.2) is 9.78 Å². The van der Waals surface area contributed by atoms with Gasteiger partial charge in [-0.15, -0.1) is 0 Å². The molecule has 152 valence electrons. The summed E-state index contributed by atoms with van der Waals surface area (Å²) >= 11 is 0. The fourth-order valence-corrected chi connectivity index (χ4v) is 2.46. The lowest BCUT2D eigenvalue weighted by Gasteiger charge is -2.27. The molecule has 0 atom stereocenters. The largest absolute Gasteiger partial charge is 0.478 e. The van der Waals surface area contributed by atoms with Gasteiger partial charge in [0.2, 0.25) is 0 Å². The van der Waals surface area contributed by atoms with Crippen molar-refractivity contribution < 1.29 is 36.2 Å². The van der Waals surface area contributed by atoms with Gasteiger partial charge in [-0.3, -0.25) is 0 Å². The van der Waals surface area contributed by atoms with Crippen molar-refractivity contribution in [1.29, 1.82) is 0 Å². The summed E-state index contributed by atoms with van der Waals surface area (Å²) in [4.78, 5) is 16.0. The van der Waals surface area contributed by atoms with Crippen molar-refractivity contribution in [3.05, 3.63) is 53.2 Å². The fraction of sp³-hybridized carbons (Fsp3) is 0.333. The predicted octanol–water partition coefficient (Wildman–Crippen LogP) is 5.61. The van der Waals surface area contributed by atoms with Crippen LogP contribution in [0, 0.1) is 5.92 Å². The number of aromatic carboxylic acids is 1. The smallest absolute Gasteiger partial charge is 0.416 e. The molecule has 0 fully saturated rings. The number of carboxylic acids is 1. The summed E-state index contributed by atoms with van der Waals surface area (Å²) in [7, 11) is 0. The number of rotatable bonds is 5. The first kappa shape index (κ1) is 21.5. The maximum Gasteiger partial charge on any atom is 0.416 e. The number of hydrogen-bond acceptors (Lipinski definition) is 3. The van der Waals surface area contributed by atoms with Crippen LogP contribution in [0.2, 0.25) is 0 Å². The summed E-state index contributed by atoms with van der Waals surface area (Å²) in [6.07, 6.45) is -8.95. The van der Waals surface area contributed by atoms with Crippen molar-refractivity contribution in [2.24, 2.45) is 5.92 Å². The number of carbonyl (C=O) groups is 1. The summed E-state index contributed by atoms with van der Waals surface area (Å²) in [6.45, 7) is 3.53. The summed E-state index contributed by atoms with van der Waals surface area (Å²) in [5, 5.41) is 8.93. The van der Waals surface area contributed by atoms with Crippen LogP contribution in [0.5, 0.6) is 0 Å². The first-order valence-corrected chi connectivity index (χ1v) is 8.05. The molecule has 0 bridgehead atoms. The Kier molecular flexibility index (Phi) is 5.91. The number of nitrogens with zero attached hydrogens (tertiary/aromatic N) is 2. The van der Waals surface area contributed by atoms with Gasteiger partial charge < -0.3 is 10.0 Å². The van der Waals surface area contributed by atoms with E-state index in [2.05, 4.69) is 4.98 Å². The van der Waals surface area contributed by atoms with Gasteiger partial charge in [-0.1, -0.05) is 13.8 Å². The number of benzene rings is 1. The second-order valence-corrected chi connectivity index (χ2v) is 6.48. The molecular formula is C18H16F6N2O2. The van der Waals surface area contributed by atoms with Crippen molar-refractivity contribution in [3.63, 3.8) is 0 Å². The van der Waals surface area contributed by atoms with Gasteiger partial charge in [0.25, 0.3) is 0 Å². The Morgan fingerprint density at radius 3 is 1.93 bits per heavy atom. The SMILES string of the molecule is CC(C)CN(c1cc(C(F)(F)F)cc(C(F)(F)F)c1)c1ccc(C(=O)O)cn1. The van der Waals surface area contributed by atoms with E-state index in [9.17, 15) is 31.1 Å². The molecule has 0 radical (unpaired) electrons. The number of carboxylic acid groups (broad SMARTS) is 1. The quantitative estimate of drug-likeness (QED) is 0.656. The lowest BCUT2D eigenvalue weighted by Crippen LogP contribution is -2.24. The number of anilines is 2. The summed E-state index contributed by atoms with van der Waals surface area (Å²) < 4.78 is 78.8. The van der Waals surface area contributed by atoms with Crippen molar-refractivity contribution >= 4 is 17.5 Å². The number of alkyl halides is 6. The highest BCUT2D eigenvalue weighted by Crippen LogP contribution is 2.39. The Hall–Kier alpha value is -2.78. The number of halogens is 6. The zero-order valence-corrected chi connectivity index (χ0v) is 14.8. The van der Waals surface area contributed by atoms with E-state index in [-0.39, 0.29) is 35.6 Å². The second-order valence-electron chi connectivity index (χ2n) is 6.48. The van der Waals surface area contributed by atoms with E-state index < -0.39 is 29.4 Å². The second kappa shape index (κ2) is 7.69. The number of aromatic nitrogens is 1. The van der Waals surface area contributed by atoms with Gasteiger partial charge in [-0.2, -0.15) is 26.3 Å². The number of pyridine rings is 1. The molecule has 4 nitrogen and oxygen atoms in total. The molecule has 0 amide bonds. The molecule has 1 heterocycles. The highest BCUT2D eigenvalue weighted by Gasteiger charge is 2.37. The highest BCUT2D eigenvalue weighted by atomic mass is 19.4.